The molecule has 0 saturated heterocycles. The van der Waals surface area contributed by atoms with Gasteiger partial charge in [0, 0.05) is 30.6 Å². The van der Waals surface area contributed by atoms with Crippen molar-refractivity contribution in [2.45, 2.75) is 31.8 Å². The number of amides is 1. The Morgan fingerprint density at radius 1 is 1.03 bits per heavy atom. The number of rotatable bonds is 9. The third-order valence-corrected chi connectivity index (χ3v) is 5.29. The van der Waals surface area contributed by atoms with Crippen molar-refractivity contribution in [3.8, 4) is 0 Å². The fraction of sp³-hybridized carbons (Fsp3) is 0.304. The monoisotopic (exact) mass is 427 g/mol. The molecule has 158 valence electrons. The van der Waals surface area contributed by atoms with E-state index in [1.807, 2.05) is 72.4 Å². The molecule has 2 N–H and O–H groups in total. The molecule has 3 rings (SSSR count). The highest BCUT2D eigenvalue weighted by atomic mass is 35.5. The summed E-state index contributed by atoms with van der Waals surface area (Å²) in [6, 6.07) is 16.0. The second-order valence-corrected chi connectivity index (χ2v) is 7.37. The number of nitrogens with one attached hydrogen (secondary N) is 2. The highest BCUT2D eigenvalue weighted by Crippen LogP contribution is 2.22. The molecule has 0 bridgehead atoms. The Bertz CT molecular complexity index is 1000. The molecule has 1 heterocycles. The summed E-state index contributed by atoms with van der Waals surface area (Å²) in [4.78, 5) is 28.0. The van der Waals surface area contributed by atoms with E-state index in [1.54, 1.807) is 6.92 Å². The fourth-order valence-corrected chi connectivity index (χ4v) is 3.72. The van der Waals surface area contributed by atoms with E-state index in [0.29, 0.717) is 12.8 Å². The van der Waals surface area contributed by atoms with E-state index in [2.05, 4.69) is 10.2 Å². The first-order chi connectivity index (χ1) is 14.5. The number of halogens is 1. The first kappa shape index (κ1) is 21.9. The minimum absolute atomic E-state index is 0.238. The second kappa shape index (κ2) is 10.3. The van der Waals surface area contributed by atoms with E-state index >= 15 is 0 Å². The van der Waals surface area contributed by atoms with Gasteiger partial charge in [-0.3, -0.25) is 4.79 Å². The number of hydrogen-bond acceptors (Lipinski definition) is 4. The highest BCUT2D eigenvalue weighted by molar-refractivity contribution is 6.15. The Morgan fingerprint density at radius 3 is 2.43 bits per heavy atom. The van der Waals surface area contributed by atoms with Crippen LogP contribution in [0.1, 0.15) is 18.1 Å². The molecule has 0 aliphatic carbocycles. The molecule has 0 fully saturated rings. The summed E-state index contributed by atoms with van der Waals surface area (Å²) in [6.45, 7) is 1.98. The largest absolute Gasteiger partial charge is 0.464 e. The second-order valence-electron chi connectivity index (χ2n) is 7.15. The van der Waals surface area contributed by atoms with Crippen LogP contribution < -0.4 is 10.2 Å². The van der Waals surface area contributed by atoms with E-state index in [1.165, 1.54) is 0 Å². The van der Waals surface area contributed by atoms with Crippen LogP contribution in [-0.4, -0.2) is 35.1 Å². The van der Waals surface area contributed by atoms with E-state index in [4.69, 9.17) is 16.5 Å². The van der Waals surface area contributed by atoms with E-state index in [9.17, 15) is 9.59 Å². The number of nitrogens with zero attached hydrogens (tertiary/aromatic N) is 1. The summed E-state index contributed by atoms with van der Waals surface area (Å²) in [7, 11) is 1.96. The zero-order valence-electron chi connectivity index (χ0n) is 17.1. The van der Waals surface area contributed by atoms with Gasteiger partial charge in [0.2, 0.25) is 5.91 Å². The third-order valence-electron chi connectivity index (χ3n) is 5.02. The van der Waals surface area contributed by atoms with Crippen molar-refractivity contribution < 1.29 is 14.3 Å². The van der Waals surface area contributed by atoms with Crippen LogP contribution in [0.25, 0.3) is 10.9 Å². The lowest BCUT2D eigenvalue weighted by molar-refractivity contribution is -0.147. The minimum atomic E-state index is -0.813. The molecule has 0 aliphatic heterocycles. The maximum Gasteiger partial charge on any atom is 0.328 e. The Kier molecular flexibility index (Phi) is 7.49. The van der Waals surface area contributed by atoms with Crippen LogP contribution in [0.3, 0.4) is 0 Å². The molecule has 3 aromatic rings. The maximum atomic E-state index is 12.9. The number of carbonyl (C=O) groups excluding carboxylic acids is 2. The average Bonchev–Trinajstić information content (AvgIpc) is 3.08. The Hall–Kier alpha value is -2.83. The molecule has 0 aliphatic rings. The van der Waals surface area contributed by atoms with E-state index in [0.717, 1.165) is 22.0 Å². The van der Waals surface area contributed by atoms with Gasteiger partial charge < -0.3 is 14.6 Å². The van der Waals surface area contributed by atoms with Crippen LogP contribution >= 0.6 is 11.8 Å². The highest BCUT2D eigenvalue weighted by Gasteiger charge is 2.27. The summed E-state index contributed by atoms with van der Waals surface area (Å²) >= 11 is 5.85. The van der Waals surface area contributed by atoms with Crippen molar-refractivity contribution in [3.05, 3.63) is 71.9 Å². The Morgan fingerprint density at radius 2 is 1.73 bits per heavy atom. The van der Waals surface area contributed by atoms with Crippen LogP contribution in [0.15, 0.2) is 60.8 Å². The number of para-hydroxylation sites is 1. The molecular weight excluding hydrogens is 402 g/mol. The molecule has 1 aromatic heterocycles. The Balaban J connectivity index is 1.79. The molecule has 2 atom stereocenters. The van der Waals surface area contributed by atoms with Gasteiger partial charge in [-0.05, 0) is 42.3 Å². The molecule has 0 unspecified atom stereocenters. The standard InChI is InChI=1S/C23H26ClN3O3/c1-3-30-23(29)20(14-17-15-27(2)21-12-8-7-11-18(17)21)25-22(28)19(26-24)13-16-9-5-4-6-10-16/h4-12,15,19-20,26H,3,13-14H2,1-2H3,(H,25,28)/t19-,20+/m0/s1. The van der Waals surface area contributed by atoms with Crippen LogP contribution in [0.2, 0.25) is 0 Å². The molecule has 0 saturated carbocycles. The van der Waals surface area contributed by atoms with Gasteiger partial charge in [0.1, 0.15) is 12.1 Å². The molecule has 1 amide bonds. The maximum absolute atomic E-state index is 12.9. The van der Waals surface area contributed by atoms with Gasteiger partial charge in [0.25, 0.3) is 0 Å². The SMILES string of the molecule is CCOC(=O)[C@@H](Cc1cn(C)c2ccccc12)NC(=O)[C@H](Cc1ccccc1)NCl. The van der Waals surface area contributed by atoms with E-state index in [-0.39, 0.29) is 12.5 Å². The van der Waals surface area contributed by atoms with Gasteiger partial charge in [0.15, 0.2) is 0 Å². The number of ether oxygens (including phenoxy) is 1. The van der Waals surface area contributed by atoms with Crippen molar-refractivity contribution in [2.75, 3.05) is 6.61 Å². The summed E-state index contributed by atoms with van der Waals surface area (Å²) in [5, 5.41) is 3.87. The van der Waals surface area contributed by atoms with Crippen molar-refractivity contribution in [1.82, 2.24) is 14.7 Å². The molecule has 7 heteroatoms. The topological polar surface area (TPSA) is 72.4 Å². The van der Waals surface area contributed by atoms with Gasteiger partial charge in [-0.15, -0.1) is 0 Å². The number of aromatic nitrogens is 1. The van der Waals surface area contributed by atoms with Crippen molar-refractivity contribution in [3.63, 3.8) is 0 Å². The lowest BCUT2D eigenvalue weighted by Gasteiger charge is -2.21. The van der Waals surface area contributed by atoms with Crippen LogP contribution in [-0.2, 0) is 34.2 Å². The van der Waals surface area contributed by atoms with Gasteiger partial charge in [-0.1, -0.05) is 48.5 Å². The molecule has 6 nitrogen and oxygen atoms in total. The number of fused-ring (bicyclic) bond motifs is 1. The number of esters is 1. The number of benzene rings is 2. The number of carbonyl (C=O) groups is 2. The smallest absolute Gasteiger partial charge is 0.328 e. The first-order valence-corrected chi connectivity index (χ1v) is 10.3. The van der Waals surface area contributed by atoms with Crippen molar-refractivity contribution in [1.29, 1.82) is 0 Å². The molecule has 0 radical (unpaired) electrons. The van der Waals surface area contributed by atoms with Crippen LogP contribution in [0.5, 0.6) is 0 Å². The van der Waals surface area contributed by atoms with Crippen molar-refractivity contribution >= 4 is 34.6 Å². The lowest BCUT2D eigenvalue weighted by atomic mass is 10.0. The summed E-state index contributed by atoms with van der Waals surface area (Å²) < 4.78 is 7.22. The molecular formula is C23H26ClN3O3. The van der Waals surface area contributed by atoms with Crippen molar-refractivity contribution in [2.24, 2.45) is 7.05 Å². The number of aryl methyl sites for hydroxylation is 1. The third kappa shape index (κ3) is 5.20. The summed E-state index contributed by atoms with van der Waals surface area (Å²) in [6.07, 6.45) is 2.70. The predicted molar refractivity (Wildman–Crippen MR) is 118 cm³/mol. The van der Waals surface area contributed by atoms with Crippen LogP contribution in [0, 0.1) is 0 Å². The average molecular weight is 428 g/mol. The van der Waals surface area contributed by atoms with E-state index < -0.39 is 18.1 Å². The van der Waals surface area contributed by atoms with Gasteiger partial charge in [0.05, 0.1) is 6.61 Å². The minimum Gasteiger partial charge on any atom is -0.464 e. The van der Waals surface area contributed by atoms with Gasteiger partial charge >= 0.3 is 5.97 Å². The van der Waals surface area contributed by atoms with Crippen LogP contribution in [0.4, 0.5) is 0 Å². The lowest BCUT2D eigenvalue weighted by Crippen LogP contribution is -2.50. The number of hydrogen-bond donors (Lipinski definition) is 2. The first-order valence-electron chi connectivity index (χ1n) is 9.93. The molecule has 0 spiro atoms. The predicted octanol–water partition coefficient (Wildman–Crippen LogP) is 3.12. The molecule has 30 heavy (non-hydrogen) atoms. The van der Waals surface area contributed by atoms with Gasteiger partial charge in [-0.2, -0.15) is 0 Å². The molecule has 2 aromatic carbocycles. The Labute approximate surface area is 181 Å². The zero-order valence-corrected chi connectivity index (χ0v) is 17.9. The summed E-state index contributed by atoms with van der Waals surface area (Å²) in [5.74, 6) is -0.820. The summed E-state index contributed by atoms with van der Waals surface area (Å²) in [5.41, 5.74) is 2.99. The van der Waals surface area contributed by atoms with Gasteiger partial charge in [-0.25, -0.2) is 9.63 Å². The quantitative estimate of drug-likeness (QED) is 0.406. The zero-order chi connectivity index (χ0) is 21.5. The fourth-order valence-electron chi connectivity index (χ4n) is 3.55. The normalized spacial score (nSPS) is 13.0.